The summed E-state index contributed by atoms with van der Waals surface area (Å²) in [5, 5.41) is 19.7. The molecular formula is C14H17NO2. The second-order valence-electron chi connectivity index (χ2n) is 4.89. The molecule has 1 N–H and O–H groups in total. The largest absolute Gasteiger partial charge is 0.387 e. The monoisotopic (exact) mass is 231 g/mol. The predicted molar refractivity (Wildman–Crippen MR) is 64.4 cm³/mol. The van der Waals surface area contributed by atoms with E-state index < -0.39 is 11.5 Å². The van der Waals surface area contributed by atoms with Crippen molar-refractivity contribution in [3.8, 4) is 6.07 Å². The summed E-state index contributed by atoms with van der Waals surface area (Å²) in [5.74, 6) is 0. The lowest BCUT2D eigenvalue weighted by Gasteiger charge is -2.26. The second kappa shape index (κ2) is 4.48. The van der Waals surface area contributed by atoms with Crippen LogP contribution in [-0.4, -0.2) is 18.3 Å². The average molecular weight is 231 g/mol. The maximum absolute atomic E-state index is 10.4. The number of nitrogens with zero attached hydrogens (tertiary/aromatic N) is 1. The molecule has 1 aromatic carbocycles. The Bertz CT molecular complexity index is 436. The van der Waals surface area contributed by atoms with Crippen LogP contribution < -0.4 is 0 Å². The van der Waals surface area contributed by atoms with Crippen molar-refractivity contribution in [1.82, 2.24) is 0 Å². The Morgan fingerprint density at radius 3 is 2.47 bits per heavy atom. The first-order valence-electron chi connectivity index (χ1n) is 5.83. The zero-order valence-electron chi connectivity index (χ0n) is 10.2. The van der Waals surface area contributed by atoms with E-state index in [2.05, 4.69) is 12.1 Å². The fourth-order valence-electron chi connectivity index (χ4n) is 2.43. The molecule has 1 heterocycles. The van der Waals surface area contributed by atoms with Crippen molar-refractivity contribution >= 4 is 0 Å². The number of benzene rings is 1. The molecule has 0 aliphatic carbocycles. The normalized spacial score (nSPS) is 25.5. The third-order valence-corrected chi connectivity index (χ3v) is 3.36. The van der Waals surface area contributed by atoms with Gasteiger partial charge in [0.25, 0.3) is 0 Å². The Kier molecular flexibility index (Phi) is 3.19. The maximum Gasteiger partial charge on any atom is 0.113 e. The zero-order chi connectivity index (χ0) is 12.5. The zero-order valence-corrected chi connectivity index (χ0v) is 10.2. The highest BCUT2D eigenvalue weighted by molar-refractivity contribution is 5.32. The molecule has 0 radical (unpaired) electrons. The van der Waals surface area contributed by atoms with Crippen LogP contribution in [0.15, 0.2) is 18.2 Å². The van der Waals surface area contributed by atoms with Gasteiger partial charge in [-0.05, 0) is 25.8 Å². The highest BCUT2D eigenvalue weighted by atomic mass is 16.5. The first-order chi connectivity index (χ1) is 8.07. The summed E-state index contributed by atoms with van der Waals surface area (Å²) in [4.78, 5) is 0. The van der Waals surface area contributed by atoms with Crippen LogP contribution in [0.1, 0.15) is 29.2 Å². The lowest BCUT2D eigenvalue weighted by Crippen LogP contribution is -2.27. The van der Waals surface area contributed by atoms with Gasteiger partial charge in [-0.15, -0.1) is 0 Å². The average Bonchev–Trinajstić information content (AvgIpc) is 2.76. The van der Waals surface area contributed by atoms with E-state index in [0.29, 0.717) is 19.6 Å². The van der Waals surface area contributed by atoms with Crippen molar-refractivity contribution in [2.24, 2.45) is 5.41 Å². The van der Waals surface area contributed by atoms with Crippen LogP contribution in [0.3, 0.4) is 0 Å². The Hall–Kier alpha value is -1.37. The standard InChI is InChI=1S/C14H17NO2/c1-10-5-11(2)7-12(6-10)13(16)14(8-15)3-4-17-9-14/h5-7,13,16H,3-4,9H2,1-2H3. The summed E-state index contributed by atoms with van der Waals surface area (Å²) < 4.78 is 5.27. The molecular weight excluding hydrogens is 214 g/mol. The Morgan fingerprint density at radius 2 is 2.00 bits per heavy atom. The smallest absolute Gasteiger partial charge is 0.113 e. The van der Waals surface area contributed by atoms with Gasteiger partial charge in [-0.2, -0.15) is 5.26 Å². The highest BCUT2D eigenvalue weighted by Gasteiger charge is 2.43. The van der Waals surface area contributed by atoms with Gasteiger partial charge in [0, 0.05) is 6.61 Å². The van der Waals surface area contributed by atoms with E-state index in [9.17, 15) is 10.4 Å². The van der Waals surface area contributed by atoms with Crippen LogP contribution in [0, 0.1) is 30.6 Å². The van der Waals surface area contributed by atoms with Gasteiger partial charge in [0.2, 0.25) is 0 Å². The Balaban J connectivity index is 2.36. The molecule has 1 saturated heterocycles. The molecule has 1 aromatic rings. The van der Waals surface area contributed by atoms with Crippen molar-refractivity contribution in [2.75, 3.05) is 13.2 Å². The molecule has 2 rings (SSSR count). The molecule has 1 fully saturated rings. The summed E-state index contributed by atoms with van der Waals surface area (Å²) in [6.45, 7) is 4.86. The molecule has 1 aliphatic heterocycles. The number of ether oxygens (including phenoxy) is 1. The van der Waals surface area contributed by atoms with Gasteiger partial charge in [-0.25, -0.2) is 0 Å². The van der Waals surface area contributed by atoms with Crippen LogP contribution in [0.5, 0.6) is 0 Å². The molecule has 3 nitrogen and oxygen atoms in total. The summed E-state index contributed by atoms with van der Waals surface area (Å²) >= 11 is 0. The molecule has 0 amide bonds. The quantitative estimate of drug-likeness (QED) is 0.849. The van der Waals surface area contributed by atoms with Crippen molar-refractivity contribution in [3.05, 3.63) is 34.9 Å². The number of aliphatic hydroxyl groups is 1. The fraction of sp³-hybridized carbons (Fsp3) is 0.500. The van der Waals surface area contributed by atoms with Crippen LogP contribution in [0.2, 0.25) is 0 Å². The van der Waals surface area contributed by atoms with E-state index in [1.807, 2.05) is 26.0 Å². The maximum atomic E-state index is 10.4. The molecule has 2 atom stereocenters. The van der Waals surface area contributed by atoms with E-state index in [-0.39, 0.29) is 0 Å². The Labute approximate surface area is 102 Å². The minimum atomic E-state index is -0.778. The summed E-state index contributed by atoms with van der Waals surface area (Å²) in [6, 6.07) is 8.17. The van der Waals surface area contributed by atoms with Gasteiger partial charge in [-0.3, -0.25) is 0 Å². The number of aliphatic hydroxyl groups excluding tert-OH is 1. The van der Waals surface area contributed by atoms with Gasteiger partial charge in [0.1, 0.15) is 5.41 Å². The number of nitriles is 1. The molecule has 0 saturated carbocycles. The first-order valence-corrected chi connectivity index (χ1v) is 5.83. The topological polar surface area (TPSA) is 53.2 Å². The third kappa shape index (κ3) is 2.19. The number of hydrogen-bond acceptors (Lipinski definition) is 3. The van der Waals surface area contributed by atoms with E-state index in [0.717, 1.165) is 16.7 Å². The second-order valence-corrected chi connectivity index (χ2v) is 4.89. The van der Waals surface area contributed by atoms with Crippen molar-refractivity contribution < 1.29 is 9.84 Å². The van der Waals surface area contributed by atoms with Crippen molar-refractivity contribution in [3.63, 3.8) is 0 Å². The Morgan fingerprint density at radius 1 is 1.35 bits per heavy atom. The number of hydrogen-bond donors (Lipinski definition) is 1. The van der Waals surface area contributed by atoms with Gasteiger partial charge in [0.05, 0.1) is 18.8 Å². The van der Waals surface area contributed by atoms with Crippen LogP contribution in [-0.2, 0) is 4.74 Å². The minimum absolute atomic E-state index is 0.317. The van der Waals surface area contributed by atoms with Gasteiger partial charge in [-0.1, -0.05) is 29.3 Å². The van der Waals surface area contributed by atoms with E-state index in [1.165, 1.54) is 0 Å². The van der Waals surface area contributed by atoms with Crippen LogP contribution >= 0.6 is 0 Å². The molecule has 1 aliphatic rings. The lowest BCUT2D eigenvalue weighted by molar-refractivity contribution is 0.0503. The minimum Gasteiger partial charge on any atom is -0.387 e. The molecule has 90 valence electrons. The number of aryl methyl sites for hydroxylation is 2. The molecule has 17 heavy (non-hydrogen) atoms. The summed E-state index contributed by atoms with van der Waals surface area (Å²) in [6.07, 6.45) is -0.175. The molecule has 0 bridgehead atoms. The van der Waals surface area contributed by atoms with E-state index in [1.54, 1.807) is 0 Å². The van der Waals surface area contributed by atoms with E-state index in [4.69, 9.17) is 4.74 Å². The molecule has 3 heteroatoms. The predicted octanol–water partition coefficient (Wildman–Crippen LogP) is 2.27. The van der Waals surface area contributed by atoms with Crippen molar-refractivity contribution in [1.29, 1.82) is 5.26 Å². The molecule has 0 spiro atoms. The summed E-state index contributed by atoms with van der Waals surface area (Å²) in [7, 11) is 0. The first kappa shape index (κ1) is 12.1. The van der Waals surface area contributed by atoms with E-state index >= 15 is 0 Å². The van der Waals surface area contributed by atoms with Gasteiger partial charge in [0.15, 0.2) is 0 Å². The van der Waals surface area contributed by atoms with Crippen LogP contribution in [0.4, 0.5) is 0 Å². The number of rotatable bonds is 2. The van der Waals surface area contributed by atoms with Gasteiger partial charge >= 0.3 is 0 Å². The molecule has 0 aromatic heterocycles. The van der Waals surface area contributed by atoms with Gasteiger partial charge < -0.3 is 9.84 Å². The lowest BCUT2D eigenvalue weighted by atomic mass is 9.79. The van der Waals surface area contributed by atoms with Crippen LogP contribution in [0.25, 0.3) is 0 Å². The highest BCUT2D eigenvalue weighted by Crippen LogP contribution is 2.40. The molecule has 2 unspecified atom stereocenters. The summed E-state index contributed by atoms with van der Waals surface area (Å²) in [5.41, 5.74) is 2.24. The SMILES string of the molecule is Cc1cc(C)cc(C(O)C2(C#N)CCOC2)c1. The van der Waals surface area contributed by atoms with Crippen molar-refractivity contribution in [2.45, 2.75) is 26.4 Å². The third-order valence-electron chi connectivity index (χ3n) is 3.36. The fourth-order valence-corrected chi connectivity index (χ4v) is 2.43.